The largest absolute Gasteiger partial charge is 0.496 e. The second-order valence-corrected chi connectivity index (χ2v) is 7.43. The summed E-state index contributed by atoms with van der Waals surface area (Å²) in [7, 11) is 5.28. The minimum absolute atomic E-state index is 0.175. The molecule has 1 unspecified atom stereocenters. The van der Waals surface area contributed by atoms with Crippen molar-refractivity contribution in [2.24, 2.45) is 0 Å². The molecular formula is C23H31N3O3. The number of methoxy groups -OCH3 is 2. The van der Waals surface area contributed by atoms with E-state index in [4.69, 9.17) is 9.47 Å². The second kappa shape index (κ2) is 10.3. The molecule has 1 aliphatic heterocycles. The standard InChI is InChI=1S/C23H31N3O3/c1-25-12-14-26(15-13-25)19(16-18-8-5-4-6-9-18)17-24-23(27)22-20(28-2)10-7-11-21(22)29-3/h4-11,19H,12-17H2,1-3H3,(H,24,27). The van der Waals surface area contributed by atoms with E-state index in [2.05, 4.69) is 46.4 Å². The smallest absolute Gasteiger partial charge is 0.258 e. The zero-order valence-corrected chi connectivity index (χ0v) is 17.6. The Hall–Kier alpha value is -2.57. The summed E-state index contributed by atoms with van der Waals surface area (Å²) in [6.07, 6.45) is 0.897. The second-order valence-electron chi connectivity index (χ2n) is 7.43. The molecule has 6 nitrogen and oxygen atoms in total. The van der Waals surface area contributed by atoms with Gasteiger partial charge in [0.1, 0.15) is 17.1 Å². The summed E-state index contributed by atoms with van der Waals surface area (Å²) < 4.78 is 10.8. The maximum absolute atomic E-state index is 13.0. The average molecular weight is 398 g/mol. The molecule has 1 fully saturated rings. The van der Waals surface area contributed by atoms with Crippen molar-refractivity contribution < 1.29 is 14.3 Å². The number of piperazine rings is 1. The lowest BCUT2D eigenvalue weighted by atomic mass is 10.0. The first kappa shape index (κ1) is 21.1. The molecule has 0 radical (unpaired) electrons. The molecule has 0 aliphatic carbocycles. The highest BCUT2D eigenvalue weighted by atomic mass is 16.5. The van der Waals surface area contributed by atoms with Gasteiger partial charge in [-0.05, 0) is 31.2 Å². The lowest BCUT2D eigenvalue weighted by Gasteiger charge is -2.38. The van der Waals surface area contributed by atoms with E-state index in [9.17, 15) is 4.79 Å². The van der Waals surface area contributed by atoms with E-state index in [1.54, 1.807) is 26.4 Å². The fourth-order valence-electron chi connectivity index (χ4n) is 3.78. The molecule has 0 bridgehead atoms. The molecule has 3 rings (SSSR count). The van der Waals surface area contributed by atoms with Gasteiger partial charge in [0, 0.05) is 38.8 Å². The Bertz CT molecular complexity index is 767. The Morgan fingerprint density at radius 1 is 0.966 bits per heavy atom. The highest BCUT2D eigenvalue weighted by molar-refractivity contribution is 5.99. The number of amides is 1. The van der Waals surface area contributed by atoms with Crippen LogP contribution in [0.2, 0.25) is 0 Å². The fourth-order valence-corrected chi connectivity index (χ4v) is 3.78. The molecule has 0 saturated carbocycles. The van der Waals surface area contributed by atoms with E-state index in [0.717, 1.165) is 32.6 Å². The molecule has 2 aromatic rings. The Morgan fingerprint density at radius 3 is 2.17 bits per heavy atom. The van der Waals surface area contributed by atoms with Crippen LogP contribution in [0.15, 0.2) is 48.5 Å². The fraction of sp³-hybridized carbons (Fsp3) is 0.435. The third kappa shape index (κ3) is 5.49. The van der Waals surface area contributed by atoms with Gasteiger partial charge in [-0.3, -0.25) is 9.69 Å². The summed E-state index contributed by atoms with van der Waals surface area (Å²) in [5, 5.41) is 3.12. The van der Waals surface area contributed by atoms with E-state index in [1.165, 1.54) is 5.56 Å². The molecule has 1 amide bonds. The molecule has 0 aromatic heterocycles. The minimum Gasteiger partial charge on any atom is -0.496 e. The van der Waals surface area contributed by atoms with Crippen LogP contribution >= 0.6 is 0 Å². The first-order chi connectivity index (χ1) is 14.1. The first-order valence-corrected chi connectivity index (χ1v) is 10.1. The average Bonchev–Trinajstić information content (AvgIpc) is 2.77. The van der Waals surface area contributed by atoms with Crippen molar-refractivity contribution in [3.8, 4) is 11.5 Å². The van der Waals surface area contributed by atoms with Gasteiger partial charge in [0.25, 0.3) is 5.91 Å². The normalized spacial score (nSPS) is 16.2. The van der Waals surface area contributed by atoms with E-state index < -0.39 is 0 Å². The molecule has 1 aliphatic rings. The van der Waals surface area contributed by atoms with Gasteiger partial charge in [-0.15, -0.1) is 0 Å². The number of ether oxygens (including phenoxy) is 2. The van der Waals surface area contributed by atoms with E-state index >= 15 is 0 Å². The molecule has 1 atom stereocenters. The van der Waals surface area contributed by atoms with Crippen LogP contribution in [0, 0.1) is 0 Å². The topological polar surface area (TPSA) is 54.0 Å². The molecule has 1 heterocycles. The van der Waals surface area contributed by atoms with Crippen molar-refractivity contribution >= 4 is 5.91 Å². The SMILES string of the molecule is COc1cccc(OC)c1C(=O)NCC(Cc1ccccc1)N1CCN(C)CC1. The van der Waals surface area contributed by atoms with Gasteiger partial charge < -0.3 is 19.7 Å². The number of hydrogen-bond donors (Lipinski definition) is 1. The number of carbonyl (C=O) groups excluding carboxylic acids is 1. The molecule has 156 valence electrons. The van der Waals surface area contributed by atoms with Crippen LogP contribution in [0.5, 0.6) is 11.5 Å². The molecule has 0 spiro atoms. The van der Waals surface area contributed by atoms with Crippen LogP contribution < -0.4 is 14.8 Å². The Labute approximate surface area is 173 Å². The van der Waals surface area contributed by atoms with E-state index in [1.807, 2.05) is 12.1 Å². The van der Waals surface area contributed by atoms with Gasteiger partial charge in [-0.25, -0.2) is 0 Å². The molecule has 1 saturated heterocycles. The third-order valence-corrected chi connectivity index (χ3v) is 5.52. The van der Waals surface area contributed by atoms with E-state index in [0.29, 0.717) is 23.6 Å². The van der Waals surface area contributed by atoms with Crippen molar-refractivity contribution in [3.05, 3.63) is 59.7 Å². The molecule has 1 N–H and O–H groups in total. The number of likely N-dealkylation sites (N-methyl/N-ethyl adjacent to an activating group) is 1. The number of benzene rings is 2. The van der Waals surface area contributed by atoms with Crippen molar-refractivity contribution in [2.45, 2.75) is 12.5 Å². The maximum Gasteiger partial charge on any atom is 0.258 e. The number of hydrogen-bond acceptors (Lipinski definition) is 5. The van der Waals surface area contributed by atoms with Crippen LogP contribution in [0.4, 0.5) is 0 Å². The number of rotatable bonds is 8. The Morgan fingerprint density at radius 2 is 1.59 bits per heavy atom. The number of nitrogens with zero attached hydrogens (tertiary/aromatic N) is 2. The number of carbonyl (C=O) groups is 1. The van der Waals surface area contributed by atoms with Gasteiger partial charge >= 0.3 is 0 Å². The summed E-state index contributed by atoms with van der Waals surface area (Å²) in [4.78, 5) is 17.8. The molecular weight excluding hydrogens is 366 g/mol. The van der Waals surface area contributed by atoms with Crippen LogP contribution in [0.25, 0.3) is 0 Å². The zero-order valence-electron chi connectivity index (χ0n) is 17.6. The number of nitrogens with one attached hydrogen (secondary N) is 1. The van der Waals surface area contributed by atoms with Gasteiger partial charge in [-0.2, -0.15) is 0 Å². The first-order valence-electron chi connectivity index (χ1n) is 10.1. The van der Waals surface area contributed by atoms with Gasteiger partial charge in [0.05, 0.1) is 14.2 Å². The lowest BCUT2D eigenvalue weighted by Crippen LogP contribution is -2.53. The molecule has 29 heavy (non-hydrogen) atoms. The van der Waals surface area contributed by atoms with Gasteiger partial charge in [0.2, 0.25) is 0 Å². The summed E-state index contributed by atoms with van der Waals surface area (Å²) >= 11 is 0. The van der Waals surface area contributed by atoms with Gasteiger partial charge in [-0.1, -0.05) is 36.4 Å². The molecule has 2 aromatic carbocycles. The van der Waals surface area contributed by atoms with Gasteiger partial charge in [0.15, 0.2) is 0 Å². The predicted molar refractivity (Wildman–Crippen MR) is 115 cm³/mol. The predicted octanol–water partition coefficient (Wildman–Crippen LogP) is 2.29. The zero-order chi connectivity index (χ0) is 20.6. The maximum atomic E-state index is 13.0. The molecule has 6 heteroatoms. The highest BCUT2D eigenvalue weighted by Crippen LogP contribution is 2.28. The third-order valence-electron chi connectivity index (χ3n) is 5.52. The van der Waals surface area contributed by atoms with Crippen LogP contribution in [-0.4, -0.2) is 75.7 Å². The Kier molecular flexibility index (Phi) is 7.49. The summed E-state index contributed by atoms with van der Waals surface area (Å²) in [5.74, 6) is 0.855. The minimum atomic E-state index is -0.175. The Balaban J connectivity index is 1.73. The monoisotopic (exact) mass is 397 g/mol. The summed E-state index contributed by atoms with van der Waals surface area (Å²) in [5.41, 5.74) is 1.72. The van der Waals surface area contributed by atoms with Crippen molar-refractivity contribution in [2.75, 3.05) is 54.0 Å². The van der Waals surface area contributed by atoms with Crippen molar-refractivity contribution in [1.82, 2.24) is 15.1 Å². The lowest BCUT2D eigenvalue weighted by molar-refractivity contribution is 0.0880. The van der Waals surface area contributed by atoms with E-state index in [-0.39, 0.29) is 11.9 Å². The van der Waals surface area contributed by atoms with Crippen molar-refractivity contribution in [3.63, 3.8) is 0 Å². The summed E-state index contributed by atoms with van der Waals surface area (Å²) in [6, 6.07) is 16.1. The van der Waals surface area contributed by atoms with Crippen molar-refractivity contribution in [1.29, 1.82) is 0 Å². The summed E-state index contributed by atoms with van der Waals surface area (Å²) in [6.45, 7) is 4.65. The van der Waals surface area contributed by atoms with Crippen LogP contribution in [0.3, 0.4) is 0 Å². The van der Waals surface area contributed by atoms with Crippen LogP contribution in [0.1, 0.15) is 15.9 Å². The quantitative estimate of drug-likeness (QED) is 0.741. The van der Waals surface area contributed by atoms with Crippen LogP contribution in [-0.2, 0) is 6.42 Å². The highest BCUT2D eigenvalue weighted by Gasteiger charge is 2.25.